The maximum absolute atomic E-state index is 8.58. The summed E-state index contributed by atoms with van der Waals surface area (Å²) in [4.78, 5) is 2.95. The van der Waals surface area contributed by atoms with Crippen LogP contribution >= 0.6 is 0 Å². The summed E-state index contributed by atoms with van der Waals surface area (Å²) in [5.41, 5.74) is 9.46. The smallest absolute Gasteiger partial charge is 0.297 e. The van der Waals surface area contributed by atoms with E-state index < -0.39 is 0 Å². The Kier molecular flexibility index (Phi) is 2.18. The molecule has 56 valence electrons. The van der Waals surface area contributed by atoms with Gasteiger partial charge in [0, 0.05) is 6.08 Å². The van der Waals surface area contributed by atoms with Crippen LogP contribution in [0.15, 0.2) is 23.3 Å². The zero-order chi connectivity index (χ0) is 8.97. The van der Waals surface area contributed by atoms with E-state index in [1.54, 1.807) is 0 Å². The maximum Gasteiger partial charge on any atom is 0.297 e. The minimum atomic E-state index is 0.229. The van der Waals surface area contributed by atoms with Gasteiger partial charge in [-0.3, -0.25) is 0 Å². The zero-order valence-corrected chi connectivity index (χ0v) is 6.15. The first-order valence-corrected chi connectivity index (χ1v) is 3.24. The van der Waals surface area contributed by atoms with Crippen molar-refractivity contribution < 1.29 is 4.79 Å². The predicted octanol–water partition coefficient (Wildman–Crippen LogP) is 0.961. The second kappa shape index (κ2) is 3.30. The van der Waals surface area contributed by atoms with Crippen LogP contribution in [0.4, 0.5) is 0 Å². The molecule has 0 aromatic carbocycles. The second-order valence-electron chi connectivity index (χ2n) is 2.22. The molecule has 0 bridgehead atoms. The topological polar surface area (TPSA) is 84.0 Å². The van der Waals surface area contributed by atoms with Gasteiger partial charge >= 0.3 is 0 Å². The molecule has 1 aliphatic carbocycles. The highest BCUT2D eigenvalue weighted by atomic mass is 14.8. The van der Waals surface area contributed by atoms with E-state index in [1.165, 1.54) is 12.2 Å². The van der Waals surface area contributed by atoms with Gasteiger partial charge in [0.25, 0.3) is 5.71 Å². The average Bonchev–Trinajstić information content (AvgIpc) is 2.16. The van der Waals surface area contributed by atoms with Crippen LogP contribution < -0.4 is 0 Å². The van der Waals surface area contributed by atoms with Crippen molar-refractivity contribution in [2.24, 2.45) is 0 Å². The molecule has 0 aliphatic heterocycles. The molecule has 0 amide bonds. The highest BCUT2D eigenvalue weighted by Gasteiger charge is 2.16. The lowest BCUT2D eigenvalue weighted by molar-refractivity contribution is -0.00553. The highest BCUT2D eigenvalue weighted by Crippen LogP contribution is 2.14. The van der Waals surface area contributed by atoms with E-state index in [9.17, 15) is 0 Å². The minimum absolute atomic E-state index is 0.229. The summed E-state index contributed by atoms with van der Waals surface area (Å²) in [5.74, 6) is 0. The third-order valence-electron chi connectivity index (χ3n) is 1.51. The zero-order valence-electron chi connectivity index (χ0n) is 6.15. The van der Waals surface area contributed by atoms with E-state index in [2.05, 4.69) is 4.79 Å². The molecule has 1 aliphatic rings. The van der Waals surface area contributed by atoms with Gasteiger partial charge in [0.1, 0.15) is 6.07 Å². The summed E-state index contributed by atoms with van der Waals surface area (Å²) >= 11 is 0. The van der Waals surface area contributed by atoms with Crippen LogP contribution in [0.1, 0.15) is 6.42 Å². The van der Waals surface area contributed by atoms with E-state index in [1.807, 2.05) is 12.1 Å². The number of rotatable bonds is 0. The van der Waals surface area contributed by atoms with Crippen molar-refractivity contribution in [2.75, 3.05) is 0 Å². The highest BCUT2D eigenvalue weighted by molar-refractivity contribution is 5.95. The second-order valence-corrected chi connectivity index (χ2v) is 2.22. The molecule has 0 heterocycles. The van der Waals surface area contributed by atoms with Gasteiger partial charge in [0.05, 0.1) is 23.6 Å². The number of hydrogen-bond donors (Lipinski definition) is 0. The summed E-state index contributed by atoms with van der Waals surface area (Å²) in [7, 11) is 0. The number of allylic oxidation sites excluding steroid dienone is 4. The molecular formula is C8H4N4. The molecule has 4 heteroatoms. The Morgan fingerprint density at radius 1 is 1.33 bits per heavy atom. The summed E-state index contributed by atoms with van der Waals surface area (Å²) in [5, 5.41) is 17.1. The van der Waals surface area contributed by atoms with Crippen LogP contribution in [0, 0.1) is 22.7 Å². The van der Waals surface area contributed by atoms with Gasteiger partial charge in [0.15, 0.2) is 0 Å². The quantitative estimate of drug-likeness (QED) is 0.386. The van der Waals surface area contributed by atoms with Crippen LogP contribution in [0.5, 0.6) is 0 Å². The fourth-order valence-corrected chi connectivity index (χ4v) is 0.889. The third-order valence-corrected chi connectivity index (χ3v) is 1.51. The van der Waals surface area contributed by atoms with Gasteiger partial charge in [-0.25, -0.2) is 0 Å². The van der Waals surface area contributed by atoms with Crippen LogP contribution in [0.25, 0.3) is 5.53 Å². The van der Waals surface area contributed by atoms with Crippen LogP contribution in [0.2, 0.25) is 0 Å². The number of nitriles is 2. The first-order chi connectivity index (χ1) is 5.81. The van der Waals surface area contributed by atoms with Crippen molar-refractivity contribution in [3.8, 4) is 12.1 Å². The third kappa shape index (κ3) is 1.29. The van der Waals surface area contributed by atoms with Gasteiger partial charge in [-0.05, 0) is 6.08 Å². The Bertz CT molecular complexity index is 394. The van der Waals surface area contributed by atoms with E-state index in [-0.39, 0.29) is 6.42 Å². The summed E-state index contributed by atoms with van der Waals surface area (Å²) in [6.45, 7) is 0. The number of nitrogens with zero attached hydrogens (tertiary/aromatic N) is 4. The van der Waals surface area contributed by atoms with E-state index in [4.69, 9.17) is 16.1 Å². The van der Waals surface area contributed by atoms with Crippen molar-refractivity contribution in [1.82, 2.24) is 0 Å². The van der Waals surface area contributed by atoms with E-state index in [0.29, 0.717) is 16.9 Å². The molecule has 0 aromatic rings. The normalized spacial score (nSPS) is 15.0. The fraction of sp³-hybridized carbons (Fsp3) is 0.125. The van der Waals surface area contributed by atoms with Crippen LogP contribution in [-0.4, -0.2) is 10.5 Å². The number of hydrogen-bond acceptors (Lipinski definition) is 2. The molecule has 0 saturated heterocycles. The van der Waals surface area contributed by atoms with Gasteiger partial charge in [0.2, 0.25) is 0 Å². The molecule has 0 atom stereocenters. The molecule has 0 spiro atoms. The van der Waals surface area contributed by atoms with E-state index >= 15 is 0 Å². The molecule has 12 heavy (non-hydrogen) atoms. The Labute approximate surface area is 69.3 Å². The lowest BCUT2D eigenvalue weighted by Crippen LogP contribution is -2.03. The Balaban J connectivity index is 3.14. The molecule has 0 radical (unpaired) electrons. The molecule has 4 nitrogen and oxygen atoms in total. The molecule has 0 N–H and O–H groups in total. The van der Waals surface area contributed by atoms with E-state index in [0.717, 1.165) is 0 Å². The monoisotopic (exact) mass is 156 g/mol. The Hall–Kier alpha value is -2.16. The van der Waals surface area contributed by atoms with Crippen molar-refractivity contribution in [3.05, 3.63) is 28.8 Å². The van der Waals surface area contributed by atoms with Gasteiger partial charge in [-0.1, -0.05) is 0 Å². The lowest BCUT2D eigenvalue weighted by Gasteiger charge is -1.98. The predicted molar refractivity (Wildman–Crippen MR) is 40.6 cm³/mol. The molecule has 1 rings (SSSR count). The van der Waals surface area contributed by atoms with Gasteiger partial charge in [-0.15, -0.1) is 0 Å². The fourth-order valence-electron chi connectivity index (χ4n) is 0.889. The summed E-state index contributed by atoms with van der Waals surface area (Å²) in [6.07, 6.45) is 3.21. The molecule has 0 unspecified atom stereocenters. The summed E-state index contributed by atoms with van der Waals surface area (Å²) in [6, 6.07) is 3.77. The van der Waals surface area contributed by atoms with Crippen LogP contribution in [-0.2, 0) is 0 Å². The average molecular weight is 156 g/mol. The summed E-state index contributed by atoms with van der Waals surface area (Å²) < 4.78 is 0. The first-order valence-electron chi connectivity index (χ1n) is 3.24. The standard InChI is InChI=1S/C8H4N4/c9-4-6-1-2-8(12-11)3-7(6)5-10/h1-2H,3H2. The molecule has 0 fully saturated rings. The van der Waals surface area contributed by atoms with Crippen molar-refractivity contribution in [1.29, 1.82) is 10.5 Å². The first kappa shape index (κ1) is 7.94. The van der Waals surface area contributed by atoms with Crippen molar-refractivity contribution >= 4 is 5.71 Å². The largest absolute Gasteiger partial charge is 0.361 e. The molecule has 0 aromatic heterocycles. The SMILES string of the molecule is N#CC1=C(C#N)CC(=[N+]=[N-])C=C1. The van der Waals surface area contributed by atoms with Crippen molar-refractivity contribution in [2.45, 2.75) is 6.42 Å². The maximum atomic E-state index is 8.58. The van der Waals surface area contributed by atoms with Gasteiger partial charge in [-0.2, -0.15) is 15.3 Å². The Morgan fingerprint density at radius 2 is 2.08 bits per heavy atom. The van der Waals surface area contributed by atoms with Gasteiger partial charge < -0.3 is 5.53 Å². The minimum Gasteiger partial charge on any atom is -0.361 e. The van der Waals surface area contributed by atoms with Crippen LogP contribution in [0.3, 0.4) is 0 Å². The molecular weight excluding hydrogens is 152 g/mol. The lowest BCUT2D eigenvalue weighted by atomic mass is 9.98. The molecule has 0 saturated carbocycles. The van der Waals surface area contributed by atoms with Crippen molar-refractivity contribution in [3.63, 3.8) is 0 Å². The Morgan fingerprint density at radius 3 is 2.58 bits per heavy atom.